The van der Waals surface area contributed by atoms with Crippen LogP contribution in [-0.2, 0) is 6.54 Å². The van der Waals surface area contributed by atoms with E-state index in [1.54, 1.807) is 0 Å². The Morgan fingerprint density at radius 3 is 2.70 bits per heavy atom. The Morgan fingerprint density at radius 1 is 1.35 bits per heavy atom. The van der Waals surface area contributed by atoms with E-state index in [-0.39, 0.29) is 5.91 Å². The van der Waals surface area contributed by atoms with Crippen LogP contribution >= 0.6 is 0 Å². The highest BCUT2D eigenvalue weighted by Crippen LogP contribution is 2.17. The van der Waals surface area contributed by atoms with Crippen LogP contribution in [-0.4, -0.2) is 37.0 Å². The molecule has 110 valence electrons. The molecule has 0 aromatic heterocycles. The molecule has 0 bridgehead atoms. The molecule has 0 saturated carbocycles. The lowest BCUT2D eigenvalue weighted by Gasteiger charge is -2.29. The second-order valence-corrected chi connectivity index (χ2v) is 5.54. The molecule has 1 saturated heterocycles. The van der Waals surface area contributed by atoms with Gasteiger partial charge in [0.15, 0.2) is 0 Å². The molecule has 4 heteroatoms. The molecule has 1 fully saturated rings. The van der Waals surface area contributed by atoms with Crippen LogP contribution in [0.2, 0.25) is 0 Å². The first-order chi connectivity index (χ1) is 9.70. The van der Waals surface area contributed by atoms with Gasteiger partial charge in [0.25, 0.3) is 0 Å². The van der Waals surface area contributed by atoms with Crippen LogP contribution in [0, 0.1) is 5.92 Å². The molecule has 3 N–H and O–H groups in total. The van der Waals surface area contributed by atoms with Gasteiger partial charge in [-0.15, -0.1) is 0 Å². The van der Waals surface area contributed by atoms with Gasteiger partial charge in [-0.2, -0.15) is 0 Å². The maximum atomic E-state index is 11.5. The number of piperidine rings is 1. The lowest BCUT2D eigenvalue weighted by atomic mass is 9.97. The SMILES string of the molecule is CCN(Cc1ccccc1C(N)=O)CC1CCNCC1. The zero-order chi connectivity index (χ0) is 14.4. The Balaban J connectivity index is 2.00. The molecule has 1 aromatic carbocycles. The largest absolute Gasteiger partial charge is 0.366 e. The second-order valence-electron chi connectivity index (χ2n) is 5.54. The van der Waals surface area contributed by atoms with Crippen molar-refractivity contribution in [2.75, 3.05) is 26.2 Å². The summed E-state index contributed by atoms with van der Waals surface area (Å²) < 4.78 is 0. The minimum absolute atomic E-state index is 0.335. The summed E-state index contributed by atoms with van der Waals surface area (Å²) in [5.74, 6) is 0.426. The topological polar surface area (TPSA) is 58.4 Å². The van der Waals surface area contributed by atoms with Crippen LogP contribution < -0.4 is 11.1 Å². The molecule has 1 aliphatic rings. The lowest BCUT2D eigenvalue weighted by Crippen LogP contribution is -2.36. The van der Waals surface area contributed by atoms with Crippen LogP contribution in [0.5, 0.6) is 0 Å². The Kier molecular flexibility index (Phi) is 5.56. The number of carbonyl (C=O) groups excluding carboxylic acids is 1. The maximum absolute atomic E-state index is 11.5. The molecule has 2 rings (SSSR count). The number of hydrogen-bond donors (Lipinski definition) is 2. The summed E-state index contributed by atoms with van der Waals surface area (Å²) in [4.78, 5) is 13.9. The molecule has 0 unspecified atom stereocenters. The average Bonchev–Trinajstić information content (AvgIpc) is 2.48. The molecule has 0 atom stereocenters. The van der Waals surface area contributed by atoms with Gasteiger partial charge >= 0.3 is 0 Å². The minimum atomic E-state index is -0.335. The van der Waals surface area contributed by atoms with Gasteiger partial charge in [-0.05, 0) is 50.0 Å². The average molecular weight is 275 g/mol. The summed E-state index contributed by atoms with van der Waals surface area (Å²) in [6.45, 7) is 7.33. The van der Waals surface area contributed by atoms with Crippen LogP contribution in [0.4, 0.5) is 0 Å². The zero-order valence-corrected chi connectivity index (χ0v) is 12.3. The quantitative estimate of drug-likeness (QED) is 0.829. The first-order valence-corrected chi connectivity index (χ1v) is 7.51. The predicted octanol–water partition coefficient (Wildman–Crippen LogP) is 1.61. The molecule has 0 radical (unpaired) electrons. The van der Waals surface area contributed by atoms with Crippen molar-refractivity contribution in [1.29, 1.82) is 0 Å². The summed E-state index contributed by atoms with van der Waals surface area (Å²) in [6.07, 6.45) is 2.49. The van der Waals surface area contributed by atoms with E-state index in [0.717, 1.165) is 44.2 Å². The summed E-state index contributed by atoms with van der Waals surface area (Å²) >= 11 is 0. The number of primary amides is 1. The van der Waals surface area contributed by atoms with Gasteiger partial charge in [-0.1, -0.05) is 25.1 Å². The monoisotopic (exact) mass is 275 g/mol. The molecule has 1 aliphatic heterocycles. The molecular formula is C16H25N3O. The number of amides is 1. The smallest absolute Gasteiger partial charge is 0.249 e. The van der Waals surface area contributed by atoms with Gasteiger partial charge in [-0.3, -0.25) is 9.69 Å². The van der Waals surface area contributed by atoms with Crippen LogP contribution in [0.3, 0.4) is 0 Å². The molecule has 1 aromatic rings. The fourth-order valence-corrected chi connectivity index (χ4v) is 2.87. The summed E-state index contributed by atoms with van der Waals surface area (Å²) in [7, 11) is 0. The standard InChI is InChI=1S/C16H25N3O/c1-2-19(11-13-7-9-18-10-8-13)12-14-5-3-4-6-15(14)16(17)20/h3-6,13,18H,2,7-12H2,1H3,(H2,17,20). The highest BCUT2D eigenvalue weighted by Gasteiger charge is 2.17. The fourth-order valence-electron chi connectivity index (χ4n) is 2.87. The number of rotatable bonds is 6. The molecule has 1 heterocycles. The van der Waals surface area contributed by atoms with Crippen molar-refractivity contribution in [3.63, 3.8) is 0 Å². The van der Waals surface area contributed by atoms with Crippen molar-refractivity contribution in [3.05, 3.63) is 35.4 Å². The van der Waals surface area contributed by atoms with Gasteiger partial charge in [0.2, 0.25) is 5.91 Å². The first-order valence-electron chi connectivity index (χ1n) is 7.51. The normalized spacial score (nSPS) is 16.5. The second kappa shape index (κ2) is 7.41. The third-order valence-electron chi connectivity index (χ3n) is 4.10. The van der Waals surface area contributed by atoms with Crippen molar-refractivity contribution < 1.29 is 4.79 Å². The zero-order valence-electron chi connectivity index (χ0n) is 12.3. The summed E-state index contributed by atoms with van der Waals surface area (Å²) in [5.41, 5.74) is 7.14. The number of nitrogens with zero attached hydrogens (tertiary/aromatic N) is 1. The Bertz CT molecular complexity index is 441. The number of nitrogens with one attached hydrogen (secondary N) is 1. The van der Waals surface area contributed by atoms with Gasteiger partial charge in [-0.25, -0.2) is 0 Å². The Hall–Kier alpha value is -1.39. The van der Waals surface area contributed by atoms with E-state index < -0.39 is 0 Å². The van der Waals surface area contributed by atoms with Crippen molar-refractivity contribution >= 4 is 5.91 Å². The predicted molar refractivity (Wildman–Crippen MR) is 81.5 cm³/mol. The van der Waals surface area contributed by atoms with Crippen molar-refractivity contribution in [3.8, 4) is 0 Å². The highest BCUT2D eigenvalue weighted by atomic mass is 16.1. The van der Waals surface area contributed by atoms with E-state index in [4.69, 9.17) is 5.73 Å². The van der Waals surface area contributed by atoms with Gasteiger partial charge in [0, 0.05) is 18.7 Å². The Morgan fingerprint density at radius 2 is 2.05 bits per heavy atom. The lowest BCUT2D eigenvalue weighted by molar-refractivity contribution is 0.0998. The minimum Gasteiger partial charge on any atom is -0.366 e. The molecule has 0 aliphatic carbocycles. The third kappa shape index (κ3) is 4.05. The van der Waals surface area contributed by atoms with E-state index in [1.807, 2.05) is 24.3 Å². The molecular weight excluding hydrogens is 250 g/mol. The van der Waals surface area contributed by atoms with Crippen LogP contribution in [0.25, 0.3) is 0 Å². The number of nitrogens with two attached hydrogens (primary N) is 1. The molecule has 20 heavy (non-hydrogen) atoms. The van der Waals surface area contributed by atoms with E-state index in [9.17, 15) is 4.79 Å². The Labute approximate surface area is 121 Å². The highest BCUT2D eigenvalue weighted by molar-refractivity contribution is 5.94. The van der Waals surface area contributed by atoms with Crippen LogP contribution in [0.1, 0.15) is 35.7 Å². The van der Waals surface area contributed by atoms with Crippen LogP contribution in [0.15, 0.2) is 24.3 Å². The first kappa shape index (κ1) is 15.0. The van der Waals surface area contributed by atoms with Crippen molar-refractivity contribution in [2.45, 2.75) is 26.3 Å². The summed E-state index contributed by atoms with van der Waals surface area (Å²) in [5, 5.41) is 3.40. The van der Waals surface area contributed by atoms with Gasteiger partial charge in [0.05, 0.1) is 0 Å². The number of benzene rings is 1. The van der Waals surface area contributed by atoms with E-state index >= 15 is 0 Å². The van der Waals surface area contributed by atoms with Crippen molar-refractivity contribution in [1.82, 2.24) is 10.2 Å². The number of hydrogen-bond acceptors (Lipinski definition) is 3. The van der Waals surface area contributed by atoms with E-state index in [2.05, 4.69) is 17.1 Å². The molecule has 0 spiro atoms. The summed E-state index contributed by atoms with van der Waals surface area (Å²) in [6, 6.07) is 7.66. The van der Waals surface area contributed by atoms with Crippen molar-refractivity contribution in [2.24, 2.45) is 11.7 Å². The van der Waals surface area contributed by atoms with Gasteiger partial charge in [0.1, 0.15) is 0 Å². The number of carbonyl (C=O) groups is 1. The van der Waals surface area contributed by atoms with E-state index in [1.165, 1.54) is 12.8 Å². The van der Waals surface area contributed by atoms with E-state index in [0.29, 0.717) is 5.56 Å². The molecule has 4 nitrogen and oxygen atoms in total. The fraction of sp³-hybridized carbons (Fsp3) is 0.562. The maximum Gasteiger partial charge on any atom is 0.249 e. The molecule has 1 amide bonds. The van der Waals surface area contributed by atoms with Gasteiger partial charge < -0.3 is 11.1 Å². The third-order valence-corrected chi connectivity index (χ3v) is 4.10.